The zero-order valence-corrected chi connectivity index (χ0v) is 17.5. The molecule has 5 nitrogen and oxygen atoms in total. The predicted molar refractivity (Wildman–Crippen MR) is 117 cm³/mol. The van der Waals surface area contributed by atoms with Crippen molar-refractivity contribution in [2.24, 2.45) is 11.8 Å². The monoisotopic (exact) mass is 406 g/mol. The van der Waals surface area contributed by atoms with Crippen LogP contribution in [-0.2, 0) is 4.79 Å². The molecule has 5 rings (SSSR count). The molecule has 5 heteroatoms. The number of anilines is 1. The Morgan fingerprint density at radius 1 is 1.17 bits per heavy atom. The lowest BCUT2D eigenvalue weighted by molar-refractivity contribution is -0.136. The average Bonchev–Trinajstić information content (AvgIpc) is 3.48. The number of para-hydroxylation sites is 1. The Bertz CT molecular complexity index is 938. The number of benzene rings is 2. The Balaban J connectivity index is 1.56. The van der Waals surface area contributed by atoms with E-state index in [0.717, 1.165) is 66.8 Å². The molecule has 3 aliphatic rings. The maximum Gasteiger partial charge on any atom is 0.226 e. The van der Waals surface area contributed by atoms with E-state index in [1.807, 2.05) is 18.2 Å². The molecule has 0 unspecified atom stereocenters. The number of aliphatic hydroxyl groups excluding tert-OH is 1. The van der Waals surface area contributed by atoms with Gasteiger partial charge in [0.15, 0.2) is 0 Å². The lowest BCUT2D eigenvalue weighted by Crippen LogP contribution is -2.44. The first-order chi connectivity index (χ1) is 14.7. The lowest BCUT2D eigenvalue weighted by Gasteiger charge is -2.40. The van der Waals surface area contributed by atoms with Crippen molar-refractivity contribution >= 4 is 11.6 Å². The molecule has 158 valence electrons. The summed E-state index contributed by atoms with van der Waals surface area (Å²) < 4.78 is 5.58. The van der Waals surface area contributed by atoms with Crippen LogP contribution in [0, 0.1) is 11.8 Å². The van der Waals surface area contributed by atoms with Gasteiger partial charge in [-0.05, 0) is 48.6 Å². The number of hydrogen-bond acceptors (Lipinski definition) is 4. The summed E-state index contributed by atoms with van der Waals surface area (Å²) in [6.45, 7) is 0.863. The van der Waals surface area contributed by atoms with Crippen molar-refractivity contribution in [3.63, 3.8) is 0 Å². The van der Waals surface area contributed by atoms with Crippen LogP contribution in [0.1, 0.15) is 43.7 Å². The summed E-state index contributed by atoms with van der Waals surface area (Å²) in [5, 5.41) is 13.6. The van der Waals surface area contributed by atoms with Crippen LogP contribution in [0.25, 0.3) is 11.1 Å². The van der Waals surface area contributed by atoms with Crippen molar-refractivity contribution in [3.8, 4) is 16.9 Å². The van der Waals surface area contributed by atoms with Gasteiger partial charge in [0, 0.05) is 29.6 Å². The number of carbonyl (C=O) groups is 1. The van der Waals surface area contributed by atoms with Crippen molar-refractivity contribution in [3.05, 3.63) is 48.0 Å². The predicted octanol–water partition coefficient (Wildman–Crippen LogP) is 4.23. The van der Waals surface area contributed by atoms with Gasteiger partial charge < -0.3 is 20.1 Å². The van der Waals surface area contributed by atoms with Crippen LogP contribution in [0.15, 0.2) is 42.5 Å². The van der Waals surface area contributed by atoms with Gasteiger partial charge in [-0.3, -0.25) is 4.79 Å². The molecule has 1 amide bonds. The number of rotatable bonds is 4. The Morgan fingerprint density at radius 2 is 1.97 bits per heavy atom. The molecular formula is C25H30N2O3. The quantitative estimate of drug-likeness (QED) is 0.798. The summed E-state index contributed by atoms with van der Waals surface area (Å²) in [6.07, 6.45) is 5.28. The highest BCUT2D eigenvalue weighted by Gasteiger charge is 2.47. The normalized spacial score (nSPS) is 25.5. The number of ether oxygens (including phenoxy) is 1. The largest absolute Gasteiger partial charge is 0.496 e. The fraction of sp³-hybridized carbons (Fsp3) is 0.480. The average molecular weight is 407 g/mol. The number of methoxy groups -OCH3 is 1. The van der Waals surface area contributed by atoms with Crippen molar-refractivity contribution in [1.29, 1.82) is 0 Å². The van der Waals surface area contributed by atoms with E-state index in [1.165, 1.54) is 0 Å². The lowest BCUT2D eigenvalue weighted by atomic mass is 9.82. The molecule has 2 aromatic rings. The van der Waals surface area contributed by atoms with Crippen molar-refractivity contribution in [1.82, 2.24) is 4.90 Å². The van der Waals surface area contributed by atoms with E-state index < -0.39 is 0 Å². The third kappa shape index (κ3) is 3.16. The van der Waals surface area contributed by atoms with Gasteiger partial charge in [-0.25, -0.2) is 0 Å². The molecule has 1 saturated carbocycles. The first kappa shape index (κ1) is 19.4. The van der Waals surface area contributed by atoms with Crippen LogP contribution in [0.2, 0.25) is 0 Å². The molecule has 0 radical (unpaired) electrons. The van der Waals surface area contributed by atoms with Gasteiger partial charge in [0.1, 0.15) is 5.75 Å². The third-order valence-corrected chi connectivity index (χ3v) is 7.27. The van der Waals surface area contributed by atoms with Crippen LogP contribution < -0.4 is 10.1 Å². The minimum Gasteiger partial charge on any atom is -0.496 e. The minimum atomic E-state index is -0.0130. The fourth-order valence-electron chi connectivity index (χ4n) is 5.77. The molecule has 30 heavy (non-hydrogen) atoms. The molecule has 2 aromatic carbocycles. The summed E-state index contributed by atoms with van der Waals surface area (Å²) >= 11 is 0. The Labute approximate surface area is 178 Å². The van der Waals surface area contributed by atoms with E-state index in [4.69, 9.17) is 4.74 Å². The van der Waals surface area contributed by atoms with Crippen molar-refractivity contribution < 1.29 is 14.6 Å². The molecule has 0 bridgehead atoms. The molecule has 1 saturated heterocycles. The molecule has 2 aliphatic heterocycles. The van der Waals surface area contributed by atoms with Gasteiger partial charge in [0.25, 0.3) is 0 Å². The summed E-state index contributed by atoms with van der Waals surface area (Å²) in [7, 11) is 1.69. The Morgan fingerprint density at radius 3 is 2.73 bits per heavy atom. The number of hydrogen-bond donors (Lipinski definition) is 2. The fourth-order valence-corrected chi connectivity index (χ4v) is 5.77. The number of amides is 1. The maximum absolute atomic E-state index is 13.4. The highest BCUT2D eigenvalue weighted by atomic mass is 16.5. The first-order valence-corrected chi connectivity index (χ1v) is 11.2. The maximum atomic E-state index is 13.4. The molecule has 1 aliphatic carbocycles. The zero-order chi connectivity index (χ0) is 20.7. The SMILES string of the molecule is COc1ccccc1-c1ccc2c(c1)[C@H]1[C@H](CCN1C(=O)C1CCCC1)[C@@H](CO)N2. The number of aliphatic hydroxyl groups is 1. The molecule has 0 aromatic heterocycles. The number of nitrogens with one attached hydrogen (secondary N) is 1. The van der Waals surface area contributed by atoms with Crippen LogP contribution in [-0.4, -0.2) is 42.2 Å². The number of fused-ring (bicyclic) bond motifs is 3. The number of likely N-dealkylation sites (tertiary alicyclic amines) is 1. The second-order valence-electron chi connectivity index (χ2n) is 8.85. The van der Waals surface area contributed by atoms with E-state index in [2.05, 4.69) is 34.5 Å². The van der Waals surface area contributed by atoms with E-state index in [-0.39, 0.29) is 30.5 Å². The van der Waals surface area contributed by atoms with Crippen LogP contribution in [0.4, 0.5) is 5.69 Å². The first-order valence-electron chi connectivity index (χ1n) is 11.2. The topological polar surface area (TPSA) is 61.8 Å². The highest BCUT2D eigenvalue weighted by molar-refractivity contribution is 5.81. The second kappa shape index (κ2) is 7.95. The summed E-state index contributed by atoms with van der Waals surface area (Å²) in [4.78, 5) is 15.5. The molecule has 2 N–H and O–H groups in total. The van der Waals surface area contributed by atoms with E-state index >= 15 is 0 Å². The van der Waals surface area contributed by atoms with Crippen molar-refractivity contribution in [2.75, 3.05) is 25.6 Å². The van der Waals surface area contributed by atoms with Crippen LogP contribution in [0.5, 0.6) is 5.75 Å². The van der Waals surface area contributed by atoms with Gasteiger partial charge in [-0.2, -0.15) is 0 Å². The van der Waals surface area contributed by atoms with Gasteiger partial charge in [-0.1, -0.05) is 37.1 Å². The molecule has 2 fully saturated rings. The van der Waals surface area contributed by atoms with Crippen molar-refractivity contribution in [2.45, 2.75) is 44.2 Å². The van der Waals surface area contributed by atoms with Gasteiger partial charge in [0.2, 0.25) is 5.91 Å². The molecule has 3 atom stereocenters. The molecule has 0 spiro atoms. The van der Waals surface area contributed by atoms with E-state index in [9.17, 15) is 9.90 Å². The second-order valence-corrected chi connectivity index (χ2v) is 8.85. The smallest absolute Gasteiger partial charge is 0.226 e. The van der Waals surface area contributed by atoms with Crippen LogP contribution in [0.3, 0.4) is 0 Å². The van der Waals surface area contributed by atoms with Gasteiger partial charge in [0.05, 0.1) is 25.8 Å². The third-order valence-electron chi connectivity index (χ3n) is 7.27. The minimum absolute atomic E-state index is 0.0130. The Hall–Kier alpha value is -2.53. The zero-order valence-electron chi connectivity index (χ0n) is 17.5. The molecular weight excluding hydrogens is 376 g/mol. The van der Waals surface area contributed by atoms with E-state index in [1.54, 1.807) is 7.11 Å². The highest BCUT2D eigenvalue weighted by Crippen LogP contribution is 2.48. The standard InChI is InChI=1S/C25H30N2O3/c1-30-23-9-5-4-8-18(23)17-10-11-21-20(14-17)24-19(22(15-28)26-21)12-13-27(24)25(29)16-6-2-3-7-16/h4-5,8-11,14,16,19,22,24,26,28H,2-3,6-7,12-13,15H2,1H3/t19-,22-,24-/m1/s1. The van der Waals surface area contributed by atoms with Gasteiger partial charge >= 0.3 is 0 Å². The van der Waals surface area contributed by atoms with E-state index in [0.29, 0.717) is 5.91 Å². The summed E-state index contributed by atoms with van der Waals surface area (Å²) in [6, 6.07) is 14.5. The number of nitrogens with zero attached hydrogens (tertiary/aromatic N) is 1. The Kier molecular flexibility index (Phi) is 5.15. The number of carbonyl (C=O) groups excluding carboxylic acids is 1. The van der Waals surface area contributed by atoms with Gasteiger partial charge in [-0.15, -0.1) is 0 Å². The van der Waals surface area contributed by atoms with Crippen LogP contribution >= 0.6 is 0 Å². The summed E-state index contributed by atoms with van der Waals surface area (Å²) in [5.74, 6) is 1.57. The summed E-state index contributed by atoms with van der Waals surface area (Å²) in [5.41, 5.74) is 4.33. The molecule has 2 heterocycles.